The van der Waals surface area contributed by atoms with Gasteiger partial charge in [0, 0.05) is 25.3 Å². The van der Waals surface area contributed by atoms with E-state index in [4.69, 9.17) is 9.47 Å². The Labute approximate surface area is 167 Å². The summed E-state index contributed by atoms with van der Waals surface area (Å²) in [4.78, 5) is 14.3. The van der Waals surface area contributed by atoms with Gasteiger partial charge in [0.1, 0.15) is 12.4 Å². The first kappa shape index (κ1) is 21.5. The van der Waals surface area contributed by atoms with Crippen LogP contribution < -0.4 is 20.1 Å². The number of rotatable bonds is 7. The number of hydrogen-bond acceptors (Lipinski definition) is 6. The minimum absolute atomic E-state index is 0. The summed E-state index contributed by atoms with van der Waals surface area (Å²) in [6, 6.07) is 5.42. The van der Waals surface area contributed by atoms with Crippen LogP contribution >= 0.6 is 24.0 Å². The van der Waals surface area contributed by atoms with Crippen molar-refractivity contribution in [2.45, 2.75) is 6.54 Å². The summed E-state index contributed by atoms with van der Waals surface area (Å²) in [5, 5.41) is 20.8. The number of halogens is 1. The van der Waals surface area contributed by atoms with Crippen LogP contribution in [0.5, 0.6) is 11.5 Å². The third-order valence-electron chi connectivity index (χ3n) is 3.33. The van der Waals surface area contributed by atoms with Gasteiger partial charge < -0.3 is 20.1 Å². The van der Waals surface area contributed by atoms with Crippen LogP contribution in [0.15, 0.2) is 35.6 Å². The van der Waals surface area contributed by atoms with Crippen molar-refractivity contribution in [3.05, 3.63) is 40.7 Å². The Balaban J connectivity index is 0.00000338. The topological polar surface area (TPSA) is 116 Å². The Morgan fingerprint density at radius 1 is 1.35 bits per heavy atom. The van der Waals surface area contributed by atoms with Crippen molar-refractivity contribution >= 4 is 41.3 Å². The number of nitrogens with zero attached hydrogens (tertiary/aromatic N) is 4. The maximum absolute atomic E-state index is 10.6. The Hall–Kier alpha value is -2.57. The number of aliphatic imine (C=N–C) groups is 1. The average molecular weight is 476 g/mol. The van der Waals surface area contributed by atoms with Gasteiger partial charge in [0.15, 0.2) is 17.5 Å². The molecular weight excluding hydrogens is 455 g/mol. The van der Waals surface area contributed by atoms with Crippen LogP contribution in [0.4, 0.5) is 11.4 Å². The molecule has 0 unspecified atom stereocenters. The van der Waals surface area contributed by atoms with Gasteiger partial charge in [-0.25, -0.2) is 0 Å². The largest absolute Gasteiger partial charge is 0.493 e. The minimum Gasteiger partial charge on any atom is -0.493 e. The summed E-state index contributed by atoms with van der Waals surface area (Å²) in [6.07, 6.45) is 2.60. The van der Waals surface area contributed by atoms with Gasteiger partial charge in [-0.3, -0.25) is 19.8 Å². The first-order valence-electron chi connectivity index (χ1n) is 7.44. The number of guanidine groups is 1. The zero-order chi connectivity index (χ0) is 18.2. The Bertz CT molecular complexity index is 764. The molecule has 26 heavy (non-hydrogen) atoms. The molecule has 2 aromatic rings. The van der Waals surface area contributed by atoms with Crippen molar-refractivity contribution in [2.24, 2.45) is 4.99 Å². The number of benzene rings is 1. The first-order chi connectivity index (χ1) is 12.1. The van der Waals surface area contributed by atoms with Gasteiger partial charge in [-0.15, -0.1) is 24.0 Å². The second kappa shape index (κ2) is 10.4. The maximum atomic E-state index is 10.6. The molecule has 0 aliphatic rings. The van der Waals surface area contributed by atoms with E-state index >= 15 is 0 Å². The molecule has 10 nitrogen and oxygen atoms in total. The van der Waals surface area contributed by atoms with Gasteiger partial charge in [-0.1, -0.05) is 0 Å². The summed E-state index contributed by atoms with van der Waals surface area (Å²) in [5.41, 5.74) is 0.744. The smallest absolute Gasteiger partial charge is 0.306 e. The van der Waals surface area contributed by atoms with E-state index in [0.29, 0.717) is 30.5 Å². The molecule has 1 aromatic carbocycles. The lowest BCUT2D eigenvalue weighted by atomic mass is 10.3. The minimum atomic E-state index is -0.478. The predicted molar refractivity (Wildman–Crippen MR) is 109 cm³/mol. The highest BCUT2D eigenvalue weighted by Gasteiger charge is 2.09. The van der Waals surface area contributed by atoms with Crippen molar-refractivity contribution in [3.63, 3.8) is 0 Å². The summed E-state index contributed by atoms with van der Waals surface area (Å²) >= 11 is 0. The highest BCUT2D eigenvalue weighted by molar-refractivity contribution is 14.0. The summed E-state index contributed by atoms with van der Waals surface area (Å²) in [5.74, 6) is 1.79. The second-order valence-corrected chi connectivity index (χ2v) is 4.91. The fraction of sp³-hybridized carbons (Fsp3) is 0.333. The molecule has 142 valence electrons. The van der Waals surface area contributed by atoms with Crippen molar-refractivity contribution in [2.75, 3.05) is 33.1 Å². The highest BCUT2D eigenvalue weighted by atomic mass is 127. The average Bonchev–Trinajstić information content (AvgIpc) is 3.09. The number of hydrogen-bond donors (Lipinski definition) is 2. The SMILES string of the molecule is CN=C(NCCn1cc([N+](=O)[O-])cn1)Nc1ccc(OC)c(OC)c1.I. The lowest BCUT2D eigenvalue weighted by molar-refractivity contribution is -0.385. The molecule has 11 heteroatoms. The van der Waals surface area contributed by atoms with Crippen LogP contribution in [0.25, 0.3) is 0 Å². The monoisotopic (exact) mass is 476 g/mol. The number of methoxy groups -OCH3 is 2. The second-order valence-electron chi connectivity index (χ2n) is 4.91. The van der Waals surface area contributed by atoms with E-state index in [-0.39, 0.29) is 29.7 Å². The molecule has 0 spiro atoms. The van der Waals surface area contributed by atoms with Crippen LogP contribution in [0, 0.1) is 10.1 Å². The summed E-state index contributed by atoms with van der Waals surface area (Å²) < 4.78 is 12.0. The van der Waals surface area contributed by atoms with E-state index in [1.165, 1.54) is 17.1 Å². The number of nitro groups is 1. The molecule has 0 aliphatic carbocycles. The van der Waals surface area contributed by atoms with E-state index in [0.717, 1.165) is 5.69 Å². The first-order valence-corrected chi connectivity index (χ1v) is 7.44. The normalized spacial score (nSPS) is 10.7. The molecule has 0 fully saturated rings. The summed E-state index contributed by atoms with van der Waals surface area (Å²) in [7, 11) is 4.79. The fourth-order valence-corrected chi connectivity index (χ4v) is 2.09. The number of nitrogens with one attached hydrogen (secondary N) is 2. The molecule has 0 saturated carbocycles. The molecule has 0 atom stereocenters. The van der Waals surface area contributed by atoms with Crippen LogP contribution in [0.2, 0.25) is 0 Å². The van der Waals surface area contributed by atoms with Crippen LogP contribution in [-0.2, 0) is 6.54 Å². The summed E-state index contributed by atoms with van der Waals surface area (Å²) in [6.45, 7) is 0.951. The van der Waals surface area contributed by atoms with E-state index in [9.17, 15) is 10.1 Å². The van der Waals surface area contributed by atoms with Gasteiger partial charge in [0.25, 0.3) is 0 Å². The van der Waals surface area contributed by atoms with Crippen LogP contribution in [-0.4, -0.2) is 48.5 Å². The molecule has 1 aromatic heterocycles. The maximum Gasteiger partial charge on any atom is 0.306 e. The number of anilines is 1. The molecule has 2 N–H and O–H groups in total. The molecule has 0 amide bonds. The third kappa shape index (κ3) is 5.75. The van der Waals surface area contributed by atoms with Crippen molar-refractivity contribution < 1.29 is 14.4 Å². The lowest BCUT2D eigenvalue weighted by Crippen LogP contribution is -2.33. The Morgan fingerprint density at radius 3 is 2.65 bits per heavy atom. The third-order valence-corrected chi connectivity index (χ3v) is 3.33. The standard InChI is InChI=1S/C15H20N6O4.HI/c1-16-15(17-6-7-20-10-12(9-18-20)21(22)23)19-11-4-5-13(24-2)14(8-11)25-3;/h4-5,8-10H,6-7H2,1-3H3,(H2,16,17,19);1H. The van der Waals surface area contributed by atoms with Crippen LogP contribution in [0.3, 0.4) is 0 Å². The van der Waals surface area contributed by atoms with Gasteiger partial charge >= 0.3 is 5.69 Å². The number of aromatic nitrogens is 2. The van der Waals surface area contributed by atoms with E-state index in [1.807, 2.05) is 6.07 Å². The quantitative estimate of drug-likeness (QED) is 0.207. The molecule has 2 rings (SSSR count). The molecular formula is C15H21IN6O4. The Morgan fingerprint density at radius 2 is 2.08 bits per heavy atom. The van der Waals surface area contributed by atoms with Gasteiger partial charge in [-0.2, -0.15) is 5.10 Å². The predicted octanol–water partition coefficient (Wildman–Crippen LogP) is 2.11. The van der Waals surface area contributed by atoms with Gasteiger partial charge in [0.2, 0.25) is 0 Å². The zero-order valence-electron chi connectivity index (χ0n) is 14.6. The number of ether oxygens (including phenoxy) is 2. The Kier molecular flexibility index (Phi) is 8.61. The van der Waals surface area contributed by atoms with E-state index in [2.05, 4.69) is 20.7 Å². The van der Waals surface area contributed by atoms with Gasteiger partial charge in [0.05, 0.1) is 25.7 Å². The molecule has 0 bridgehead atoms. The van der Waals surface area contributed by atoms with Crippen LogP contribution in [0.1, 0.15) is 0 Å². The van der Waals surface area contributed by atoms with Gasteiger partial charge in [-0.05, 0) is 12.1 Å². The van der Waals surface area contributed by atoms with Crippen molar-refractivity contribution in [3.8, 4) is 11.5 Å². The fourth-order valence-electron chi connectivity index (χ4n) is 2.09. The highest BCUT2D eigenvalue weighted by Crippen LogP contribution is 2.29. The molecule has 0 radical (unpaired) electrons. The molecule has 1 heterocycles. The lowest BCUT2D eigenvalue weighted by Gasteiger charge is -2.14. The van der Waals surface area contributed by atoms with Crippen molar-refractivity contribution in [1.29, 1.82) is 0 Å². The van der Waals surface area contributed by atoms with E-state index in [1.54, 1.807) is 33.4 Å². The van der Waals surface area contributed by atoms with Crippen molar-refractivity contribution in [1.82, 2.24) is 15.1 Å². The molecule has 0 saturated heterocycles. The van der Waals surface area contributed by atoms with E-state index < -0.39 is 4.92 Å². The molecule has 0 aliphatic heterocycles. The zero-order valence-corrected chi connectivity index (χ0v) is 17.0.